The van der Waals surface area contributed by atoms with Crippen LogP contribution in [-0.4, -0.2) is 87.4 Å². The fraction of sp³-hybridized carbons (Fsp3) is 0.709. The Balaban J connectivity index is 4.21. The first-order valence-corrected chi connectivity index (χ1v) is 36.2. The molecule has 0 fully saturated rings. The number of unbranched alkanes of at least 4 members (excludes halogenated alkanes) is 31. The Labute approximate surface area is 542 Å². The molecule has 0 radical (unpaired) electrons. The summed E-state index contributed by atoms with van der Waals surface area (Å²) in [6.45, 7) is 4.74. The first kappa shape index (κ1) is 83.7. The van der Waals surface area contributed by atoms with Crippen molar-refractivity contribution in [1.82, 2.24) is 0 Å². The van der Waals surface area contributed by atoms with Gasteiger partial charge in [-0.3, -0.25) is 9.59 Å². The monoisotopic (exact) mass is 1230 g/mol. The smallest absolute Gasteiger partial charge is 0.361 e. The van der Waals surface area contributed by atoms with Crippen molar-refractivity contribution >= 4 is 17.9 Å². The highest BCUT2D eigenvalue weighted by Crippen LogP contribution is 2.18. The zero-order valence-electron chi connectivity index (χ0n) is 57.6. The van der Waals surface area contributed by atoms with Crippen LogP contribution in [0, 0.1) is 0 Å². The van der Waals surface area contributed by atoms with E-state index in [1.165, 1.54) is 173 Å². The number of allylic oxidation sites excluding steroid dienone is 20. The number of hydrogen-bond donors (Lipinski definition) is 1. The minimum Gasteiger partial charge on any atom is -0.477 e. The normalized spacial score (nSPS) is 13.4. The summed E-state index contributed by atoms with van der Waals surface area (Å²) in [5, 5.41) is 9.75. The lowest BCUT2D eigenvalue weighted by Gasteiger charge is -2.25. The van der Waals surface area contributed by atoms with E-state index in [2.05, 4.69) is 135 Å². The number of carboxylic acids is 1. The number of aliphatic carboxylic acids is 1. The van der Waals surface area contributed by atoms with Crippen molar-refractivity contribution in [1.29, 1.82) is 0 Å². The maximum atomic E-state index is 12.9. The quantitative estimate of drug-likeness (QED) is 0.0211. The molecule has 0 amide bonds. The zero-order valence-corrected chi connectivity index (χ0v) is 57.6. The molecule has 2 unspecified atom stereocenters. The van der Waals surface area contributed by atoms with E-state index in [9.17, 15) is 19.5 Å². The maximum absolute atomic E-state index is 12.9. The van der Waals surface area contributed by atoms with Gasteiger partial charge in [-0.1, -0.05) is 322 Å². The number of esters is 2. The number of rotatable bonds is 66. The molecule has 9 nitrogen and oxygen atoms in total. The molecule has 0 spiro atoms. The van der Waals surface area contributed by atoms with Gasteiger partial charge in [-0.2, -0.15) is 0 Å². The lowest BCUT2D eigenvalue weighted by molar-refractivity contribution is -0.870. The van der Waals surface area contributed by atoms with Gasteiger partial charge in [0.25, 0.3) is 6.29 Å². The largest absolute Gasteiger partial charge is 0.477 e. The van der Waals surface area contributed by atoms with Crippen LogP contribution in [0.4, 0.5) is 0 Å². The fourth-order valence-corrected chi connectivity index (χ4v) is 9.99. The third-order valence-electron chi connectivity index (χ3n) is 15.5. The number of hydrogen-bond acceptors (Lipinski definition) is 7. The molecule has 0 aliphatic heterocycles. The molecule has 9 heteroatoms. The van der Waals surface area contributed by atoms with Gasteiger partial charge in [-0.05, 0) is 89.9 Å². The van der Waals surface area contributed by atoms with Crippen LogP contribution in [0.3, 0.4) is 0 Å². The number of carbonyl (C=O) groups is 3. The highest BCUT2D eigenvalue weighted by molar-refractivity contribution is 5.71. The molecule has 0 heterocycles. The Bertz CT molecular complexity index is 1860. The highest BCUT2D eigenvalue weighted by atomic mass is 16.7. The summed E-state index contributed by atoms with van der Waals surface area (Å²) >= 11 is 0. The Kier molecular flexibility index (Phi) is 65.2. The molecule has 0 aromatic carbocycles. The molecular weight excluding hydrogens is 1090 g/mol. The summed E-state index contributed by atoms with van der Waals surface area (Å²) in [4.78, 5) is 37.6. The molecule has 0 saturated carbocycles. The second-order valence-electron chi connectivity index (χ2n) is 25.2. The lowest BCUT2D eigenvalue weighted by Crippen LogP contribution is -2.40. The van der Waals surface area contributed by atoms with Crippen LogP contribution in [0.2, 0.25) is 0 Å². The molecule has 0 bridgehead atoms. The number of quaternary nitrogens is 1. The summed E-state index contributed by atoms with van der Waals surface area (Å²) in [5.74, 6) is -2.06. The van der Waals surface area contributed by atoms with Crippen molar-refractivity contribution in [2.75, 3.05) is 47.5 Å². The molecule has 1 N–H and O–H groups in total. The Morgan fingerprint density at radius 2 is 0.648 bits per heavy atom. The van der Waals surface area contributed by atoms with Crippen LogP contribution in [0.5, 0.6) is 0 Å². The van der Waals surface area contributed by atoms with Gasteiger partial charge in [0.1, 0.15) is 13.2 Å². The standard InChI is InChI=1S/C79H135NO8/c1-6-8-10-12-14-16-18-20-22-24-26-28-30-32-34-36-38-39-40-42-44-46-48-50-52-54-56-58-60-62-64-66-68-70-77(82)88-75(74-87-79(78(83)84)85-72-71-80(3,4)5)73-86-76(81)69-67-65-63-61-59-57-55-53-51-49-47-45-43-41-37-35-33-31-29-27-25-23-21-19-17-15-13-11-9-7-2/h8,10,14,16,20,22,26,28,32,34,38-39,42,44,48,50,54,56,60,62,75,79H,6-7,9,11-13,15,17-19,21,23-25,27,29-31,33,35-37,40-41,43,45-47,49,51-53,55,57-59,61,63-74H2,1-5H3/p+1/b10-8-,16-14-,22-20-,28-26-,34-32-,39-38-,44-42-,50-48-,56-54-,62-60-. The number of likely N-dealkylation sites (N-methyl/N-ethyl adjacent to an activating group) is 1. The molecule has 504 valence electrons. The van der Waals surface area contributed by atoms with Gasteiger partial charge >= 0.3 is 17.9 Å². The van der Waals surface area contributed by atoms with Crippen LogP contribution in [-0.2, 0) is 33.3 Å². The summed E-state index contributed by atoms with van der Waals surface area (Å²) in [5.41, 5.74) is 0. The average Bonchev–Trinajstić information content (AvgIpc) is 3.62. The molecular formula is C79H136NO8+. The SMILES string of the molecule is CC/C=C\C/C=C\C/C=C\C/C=C\C/C=C\C/C=C\C/C=C\C/C=C\C/C=C\C/C=C\CCCCC(=O)OC(COC(=O)CCCCCCCCCCCCCCCCCCCCCCCCCCCCCCCC)COC(OCC[N+](C)(C)C)C(=O)O. The van der Waals surface area contributed by atoms with Gasteiger partial charge in [-0.15, -0.1) is 0 Å². The van der Waals surface area contributed by atoms with Crippen LogP contribution >= 0.6 is 0 Å². The molecule has 0 rings (SSSR count). The fourth-order valence-electron chi connectivity index (χ4n) is 9.99. The Morgan fingerprint density at radius 1 is 0.352 bits per heavy atom. The second kappa shape index (κ2) is 68.6. The average molecular weight is 1230 g/mol. The third kappa shape index (κ3) is 69.2. The second-order valence-corrected chi connectivity index (χ2v) is 25.2. The zero-order chi connectivity index (χ0) is 64.0. The number of carboxylic acid groups (broad SMARTS) is 1. The summed E-state index contributed by atoms with van der Waals surface area (Å²) < 4.78 is 22.9. The van der Waals surface area contributed by atoms with E-state index in [1.807, 2.05) is 21.1 Å². The van der Waals surface area contributed by atoms with Crippen molar-refractivity contribution in [3.63, 3.8) is 0 Å². The van der Waals surface area contributed by atoms with E-state index in [0.717, 1.165) is 96.3 Å². The minimum atomic E-state index is -1.53. The van der Waals surface area contributed by atoms with Crippen molar-refractivity contribution in [2.45, 2.75) is 315 Å². The minimum absolute atomic E-state index is 0.174. The van der Waals surface area contributed by atoms with E-state index in [0.29, 0.717) is 23.9 Å². The number of nitrogens with zero attached hydrogens (tertiary/aromatic N) is 1. The Morgan fingerprint density at radius 3 is 0.966 bits per heavy atom. The van der Waals surface area contributed by atoms with Crippen LogP contribution < -0.4 is 0 Å². The van der Waals surface area contributed by atoms with Gasteiger partial charge in [0.2, 0.25) is 0 Å². The van der Waals surface area contributed by atoms with Crippen molar-refractivity contribution in [3.05, 3.63) is 122 Å². The Hall–Kier alpha value is -4.31. The lowest BCUT2D eigenvalue weighted by atomic mass is 10.0. The molecule has 0 aromatic rings. The van der Waals surface area contributed by atoms with Crippen molar-refractivity contribution < 1.29 is 42.9 Å². The van der Waals surface area contributed by atoms with Crippen molar-refractivity contribution in [2.24, 2.45) is 0 Å². The van der Waals surface area contributed by atoms with E-state index in [1.54, 1.807) is 0 Å². The number of carbonyl (C=O) groups excluding carboxylic acids is 2. The maximum Gasteiger partial charge on any atom is 0.361 e. The summed E-state index contributed by atoms with van der Waals surface area (Å²) in [6.07, 6.45) is 94.7. The van der Waals surface area contributed by atoms with Gasteiger partial charge in [0.05, 0.1) is 34.4 Å². The molecule has 0 saturated heterocycles. The first-order chi connectivity index (χ1) is 43.1. The first-order valence-electron chi connectivity index (χ1n) is 36.2. The van der Waals surface area contributed by atoms with E-state index in [4.69, 9.17) is 18.9 Å². The molecule has 88 heavy (non-hydrogen) atoms. The van der Waals surface area contributed by atoms with Crippen LogP contribution in [0.25, 0.3) is 0 Å². The molecule has 0 aliphatic rings. The topological polar surface area (TPSA) is 108 Å². The van der Waals surface area contributed by atoms with Gasteiger partial charge in [-0.25, -0.2) is 4.79 Å². The predicted molar refractivity (Wildman–Crippen MR) is 378 cm³/mol. The van der Waals surface area contributed by atoms with Crippen LogP contribution in [0.1, 0.15) is 303 Å². The van der Waals surface area contributed by atoms with Gasteiger partial charge in [0, 0.05) is 12.8 Å². The van der Waals surface area contributed by atoms with Gasteiger partial charge in [0.15, 0.2) is 6.10 Å². The van der Waals surface area contributed by atoms with E-state index >= 15 is 0 Å². The third-order valence-corrected chi connectivity index (χ3v) is 15.5. The molecule has 0 aliphatic carbocycles. The molecule has 2 atom stereocenters. The predicted octanol–water partition coefficient (Wildman–Crippen LogP) is 22.7. The van der Waals surface area contributed by atoms with E-state index in [-0.39, 0.29) is 32.2 Å². The van der Waals surface area contributed by atoms with Crippen molar-refractivity contribution in [3.8, 4) is 0 Å². The summed E-state index contributed by atoms with van der Waals surface area (Å²) in [7, 11) is 5.96. The van der Waals surface area contributed by atoms with E-state index < -0.39 is 24.3 Å². The highest BCUT2D eigenvalue weighted by Gasteiger charge is 2.25. The van der Waals surface area contributed by atoms with Gasteiger partial charge < -0.3 is 28.5 Å². The number of ether oxygens (including phenoxy) is 4. The molecule has 0 aromatic heterocycles. The summed E-state index contributed by atoms with van der Waals surface area (Å²) in [6, 6.07) is 0. The van der Waals surface area contributed by atoms with Crippen LogP contribution in [0.15, 0.2) is 122 Å².